The molecule has 0 saturated heterocycles. The highest BCUT2D eigenvalue weighted by Gasteiger charge is 2.22. The zero-order valence-electron chi connectivity index (χ0n) is 39.8. The molecule has 4 heterocycles. The van der Waals surface area contributed by atoms with Crippen molar-refractivity contribution in [3.8, 4) is 90.8 Å². The second-order valence-electron chi connectivity index (χ2n) is 18.3. The van der Waals surface area contributed by atoms with Crippen LogP contribution in [0.4, 0.5) is 0 Å². The van der Waals surface area contributed by atoms with Gasteiger partial charge >= 0.3 is 0 Å². The molecule has 0 radical (unpaired) electrons. The summed E-state index contributed by atoms with van der Waals surface area (Å²) in [5.41, 5.74) is 14.5. The normalized spacial score (nSPS) is 11.5. The van der Waals surface area contributed by atoms with Crippen molar-refractivity contribution in [2.75, 3.05) is 0 Å². The van der Waals surface area contributed by atoms with Crippen molar-refractivity contribution in [3.05, 3.63) is 255 Å². The Morgan fingerprint density at radius 1 is 0.203 bits per heavy atom. The lowest BCUT2D eigenvalue weighted by Crippen LogP contribution is -2.00. The van der Waals surface area contributed by atoms with E-state index in [-0.39, 0.29) is 0 Å². The van der Waals surface area contributed by atoms with Crippen LogP contribution in [-0.2, 0) is 0 Å². The standard InChI is InChI=1S/C66H42N8/c1-5-19-43(20-6-1)61-67-62(44-21-7-2-8-22-44)70-65(69-61)47-35-39-49(40-36-47)73-55-31-15-13-27-53(55)59-51(29-17-33-57(59)73)52-30-18-34-58-60(52)54-28-14-16-32-56(54)74(58)50-41-37-48(38-42-50)66-71-63(45-23-9-3-10-24-45)68-64(72-66)46-25-11-4-12-26-46/h1-42H. The second-order valence-corrected chi connectivity index (χ2v) is 18.3. The Morgan fingerprint density at radius 2 is 0.459 bits per heavy atom. The van der Waals surface area contributed by atoms with Crippen molar-refractivity contribution in [1.29, 1.82) is 0 Å². The average Bonchev–Trinajstić information content (AvgIpc) is 4.05. The predicted molar refractivity (Wildman–Crippen MR) is 300 cm³/mol. The molecule has 74 heavy (non-hydrogen) atoms. The Hall–Kier alpha value is -10.2. The molecule has 4 aromatic heterocycles. The van der Waals surface area contributed by atoms with E-state index < -0.39 is 0 Å². The summed E-state index contributed by atoms with van der Waals surface area (Å²) in [5.74, 6) is 3.78. The van der Waals surface area contributed by atoms with Crippen LogP contribution in [0.2, 0.25) is 0 Å². The van der Waals surface area contributed by atoms with E-state index in [4.69, 9.17) is 29.9 Å². The Kier molecular flexibility index (Phi) is 10.3. The highest BCUT2D eigenvalue weighted by atomic mass is 15.0. The van der Waals surface area contributed by atoms with Gasteiger partial charge in [-0.05, 0) is 83.9 Å². The molecule has 0 unspecified atom stereocenters. The van der Waals surface area contributed by atoms with Crippen LogP contribution in [0, 0.1) is 0 Å². The largest absolute Gasteiger partial charge is 0.309 e. The lowest BCUT2D eigenvalue weighted by molar-refractivity contribution is 1.07. The predicted octanol–water partition coefficient (Wildman–Crippen LogP) is 15.9. The molecule has 0 amide bonds. The van der Waals surface area contributed by atoms with Crippen LogP contribution in [0.1, 0.15) is 0 Å². The molecule has 0 bridgehead atoms. The lowest BCUT2D eigenvalue weighted by atomic mass is 9.95. The zero-order chi connectivity index (χ0) is 49.0. The molecule has 0 fully saturated rings. The minimum absolute atomic E-state index is 0.620. The van der Waals surface area contributed by atoms with Crippen LogP contribution < -0.4 is 0 Å². The monoisotopic (exact) mass is 946 g/mol. The number of rotatable bonds is 9. The molecule has 10 aromatic carbocycles. The van der Waals surface area contributed by atoms with Crippen molar-refractivity contribution < 1.29 is 0 Å². The molecule has 0 aliphatic rings. The molecule has 14 rings (SSSR count). The van der Waals surface area contributed by atoms with Gasteiger partial charge in [0, 0.05) is 66.3 Å². The molecule has 8 heteroatoms. The van der Waals surface area contributed by atoms with Gasteiger partial charge in [-0.25, -0.2) is 29.9 Å². The first kappa shape index (κ1) is 42.7. The summed E-state index contributed by atoms with van der Waals surface area (Å²) in [6, 6.07) is 88.4. The van der Waals surface area contributed by atoms with E-state index in [9.17, 15) is 0 Å². The molecule has 0 aliphatic carbocycles. The molecule has 0 spiro atoms. The van der Waals surface area contributed by atoms with E-state index >= 15 is 0 Å². The quantitative estimate of drug-likeness (QED) is 0.143. The third-order valence-electron chi connectivity index (χ3n) is 13.9. The number of nitrogens with zero attached hydrogens (tertiary/aromatic N) is 8. The first-order chi connectivity index (χ1) is 36.7. The summed E-state index contributed by atoms with van der Waals surface area (Å²) in [6.07, 6.45) is 0. The van der Waals surface area contributed by atoms with Crippen LogP contribution in [0.15, 0.2) is 255 Å². The second kappa shape index (κ2) is 17.9. The molecule has 8 nitrogen and oxygen atoms in total. The first-order valence-electron chi connectivity index (χ1n) is 24.7. The molecular formula is C66H42N8. The van der Waals surface area contributed by atoms with E-state index in [2.05, 4.69) is 143 Å². The van der Waals surface area contributed by atoms with Crippen LogP contribution in [-0.4, -0.2) is 39.0 Å². The van der Waals surface area contributed by atoms with Gasteiger partial charge < -0.3 is 9.13 Å². The maximum atomic E-state index is 5.01. The summed E-state index contributed by atoms with van der Waals surface area (Å²) in [5, 5.41) is 4.75. The molecular weight excluding hydrogens is 905 g/mol. The lowest BCUT2D eigenvalue weighted by Gasteiger charge is -2.12. The zero-order valence-corrected chi connectivity index (χ0v) is 39.8. The van der Waals surface area contributed by atoms with E-state index in [1.807, 2.05) is 121 Å². The highest BCUT2D eigenvalue weighted by Crippen LogP contribution is 2.44. The van der Waals surface area contributed by atoms with Crippen molar-refractivity contribution >= 4 is 43.6 Å². The van der Waals surface area contributed by atoms with Crippen molar-refractivity contribution in [2.45, 2.75) is 0 Å². The number of para-hydroxylation sites is 2. The Morgan fingerprint density at radius 3 is 0.770 bits per heavy atom. The summed E-state index contributed by atoms with van der Waals surface area (Å²) >= 11 is 0. The molecule has 0 aliphatic heterocycles. The van der Waals surface area contributed by atoms with Gasteiger partial charge in [-0.3, -0.25) is 0 Å². The fraction of sp³-hybridized carbons (Fsp3) is 0. The van der Waals surface area contributed by atoms with Crippen LogP contribution >= 0.6 is 0 Å². The molecule has 0 atom stereocenters. The molecule has 346 valence electrons. The Bertz CT molecular complexity index is 3980. The van der Waals surface area contributed by atoms with Gasteiger partial charge in [0.05, 0.1) is 22.1 Å². The Balaban J connectivity index is 0.873. The number of hydrogen-bond acceptors (Lipinski definition) is 6. The van der Waals surface area contributed by atoms with Gasteiger partial charge in [0.1, 0.15) is 0 Å². The van der Waals surface area contributed by atoms with Gasteiger partial charge in [-0.1, -0.05) is 182 Å². The third kappa shape index (κ3) is 7.40. The smallest absolute Gasteiger partial charge is 0.164 e. The van der Waals surface area contributed by atoms with Crippen LogP contribution in [0.25, 0.3) is 134 Å². The average molecular weight is 947 g/mol. The van der Waals surface area contributed by atoms with Crippen molar-refractivity contribution in [1.82, 2.24) is 39.0 Å². The maximum absolute atomic E-state index is 5.01. The number of fused-ring (bicyclic) bond motifs is 6. The number of hydrogen-bond donors (Lipinski definition) is 0. The topological polar surface area (TPSA) is 87.2 Å². The van der Waals surface area contributed by atoms with Gasteiger partial charge in [0.2, 0.25) is 0 Å². The number of aromatic nitrogens is 8. The minimum atomic E-state index is 0.620. The van der Waals surface area contributed by atoms with Crippen LogP contribution in [0.5, 0.6) is 0 Å². The third-order valence-corrected chi connectivity index (χ3v) is 13.9. The summed E-state index contributed by atoms with van der Waals surface area (Å²) < 4.78 is 4.75. The van der Waals surface area contributed by atoms with Crippen molar-refractivity contribution in [3.63, 3.8) is 0 Å². The summed E-state index contributed by atoms with van der Waals surface area (Å²) in [7, 11) is 0. The number of benzene rings is 10. The van der Waals surface area contributed by atoms with Crippen LogP contribution in [0.3, 0.4) is 0 Å². The summed E-state index contributed by atoms with van der Waals surface area (Å²) in [4.78, 5) is 29.9. The van der Waals surface area contributed by atoms with Gasteiger partial charge in [-0.15, -0.1) is 0 Å². The van der Waals surface area contributed by atoms with Crippen molar-refractivity contribution in [2.24, 2.45) is 0 Å². The molecule has 0 saturated carbocycles. The summed E-state index contributed by atoms with van der Waals surface area (Å²) in [6.45, 7) is 0. The van der Waals surface area contributed by atoms with Gasteiger partial charge in [-0.2, -0.15) is 0 Å². The first-order valence-corrected chi connectivity index (χ1v) is 24.7. The van der Waals surface area contributed by atoms with Gasteiger partial charge in [0.15, 0.2) is 34.9 Å². The molecule has 14 aromatic rings. The van der Waals surface area contributed by atoms with E-state index in [1.54, 1.807) is 0 Å². The minimum Gasteiger partial charge on any atom is -0.309 e. The fourth-order valence-electron chi connectivity index (χ4n) is 10.4. The Labute approximate surface area is 426 Å². The van der Waals surface area contributed by atoms with E-state index in [0.29, 0.717) is 34.9 Å². The highest BCUT2D eigenvalue weighted by molar-refractivity contribution is 6.22. The fourth-order valence-corrected chi connectivity index (χ4v) is 10.4. The SMILES string of the molecule is c1ccc(-c2nc(-c3ccccc3)nc(-c3ccc(-n4c5ccccc5c5c(-c6cccc7c6c6ccccc6n7-c6ccc(-c7nc(-c8ccccc8)nc(-c8ccccc8)n7)cc6)cccc54)cc3)n2)cc1. The van der Waals surface area contributed by atoms with E-state index in [0.717, 1.165) is 66.8 Å². The van der Waals surface area contributed by atoms with Gasteiger partial charge in [0.25, 0.3) is 0 Å². The molecule has 0 N–H and O–H groups in total. The maximum Gasteiger partial charge on any atom is 0.164 e. The van der Waals surface area contributed by atoms with E-state index in [1.165, 1.54) is 32.7 Å².